The molecular formula is C23H15ClO4. The molecule has 0 saturated heterocycles. The number of hydrogen-bond donors (Lipinski definition) is 0. The van der Waals surface area contributed by atoms with Crippen LogP contribution in [0.1, 0.15) is 26.3 Å². The van der Waals surface area contributed by atoms with Crippen molar-refractivity contribution in [1.29, 1.82) is 0 Å². The van der Waals surface area contributed by atoms with Gasteiger partial charge in [0.2, 0.25) is 5.78 Å². The first-order valence-corrected chi connectivity index (χ1v) is 9.03. The van der Waals surface area contributed by atoms with Gasteiger partial charge in [0, 0.05) is 16.7 Å². The Balaban J connectivity index is 1.49. The Kier molecular flexibility index (Phi) is 4.96. The van der Waals surface area contributed by atoms with Crippen LogP contribution in [0.2, 0.25) is 5.02 Å². The molecule has 28 heavy (non-hydrogen) atoms. The lowest BCUT2D eigenvalue weighted by molar-refractivity contribution is 0.0921. The summed E-state index contributed by atoms with van der Waals surface area (Å²) in [6, 6.07) is 21.0. The summed E-state index contributed by atoms with van der Waals surface area (Å²) in [6.07, 6.45) is 1.65. The summed E-state index contributed by atoms with van der Waals surface area (Å²) in [6.45, 7) is -0.0953. The molecule has 5 heteroatoms. The standard InChI is InChI=1S/C23H15ClO4/c24-17-8-4-5-15(11-17)12-22-23(26)19-10-9-18(13-21(19)28-22)27-14-20(25)16-6-2-1-3-7-16/h1-13H,14H2/b22-12-. The number of carbonyl (C=O) groups excluding carboxylic acids is 2. The Bertz CT molecular complexity index is 1090. The summed E-state index contributed by atoms with van der Waals surface area (Å²) in [7, 11) is 0. The van der Waals surface area contributed by atoms with E-state index in [4.69, 9.17) is 21.1 Å². The molecule has 0 unspecified atom stereocenters. The van der Waals surface area contributed by atoms with Crippen LogP contribution in [0, 0.1) is 0 Å². The van der Waals surface area contributed by atoms with E-state index < -0.39 is 0 Å². The second kappa shape index (κ2) is 7.71. The molecule has 138 valence electrons. The molecule has 0 aliphatic carbocycles. The number of ketones is 2. The SMILES string of the molecule is O=C(COc1ccc2c(c1)O/C(=C\c1cccc(Cl)c1)C2=O)c1ccccc1. The molecule has 0 radical (unpaired) electrons. The van der Waals surface area contributed by atoms with Crippen molar-refractivity contribution in [3.8, 4) is 11.5 Å². The van der Waals surface area contributed by atoms with E-state index in [1.54, 1.807) is 66.7 Å². The highest BCUT2D eigenvalue weighted by molar-refractivity contribution is 6.30. The Labute approximate surface area is 167 Å². The van der Waals surface area contributed by atoms with E-state index in [9.17, 15) is 9.59 Å². The molecule has 1 aliphatic rings. The number of Topliss-reactive ketones (excluding diaryl/α,β-unsaturated/α-hetero) is 2. The fourth-order valence-corrected chi connectivity index (χ4v) is 3.06. The number of carbonyl (C=O) groups is 2. The van der Waals surface area contributed by atoms with Crippen LogP contribution in [-0.2, 0) is 0 Å². The van der Waals surface area contributed by atoms with Gasteiger partial charge in [0.05, 0.1) is 5.56 Å². The second-order valence-corrected chi connectivity index (χ2v) is 6.67. The Morgan fingerprint density at radius 1 is 1.00 bits per heavy atom. The number of benzene rings is 3. The lowest BCUT2D eigenvalue weighted by atomic mass is 10.1. The molecule has 0 saturated carbocycles. The molecule has 0 aromatic heterocycles. The molecule has 3 aromatic rings. The lowest BCUT2D eigenvalue weighted by Crippen LogP contribution is -2.11. The van der Waals surface area contributed by atoms with E-state index in [0.29, 0.717) is 27.6 Å². The third kappa shape index (κ3) is 3.82. The topological polar surface area (TPSA) is 52.6 Å². The zero-order valence-electron chi connectivity index (χ0n) is 14.7. The monoisotopic (exact) mass is 390 g/mol. The average molecular weight is 391 g/mol. The fourth-order valence-electron chi connectivity index (χ4n) is 2.86. The minimum absolute atomic E-state index is 0.0953. The molecule has 0 spiro atoms. The van der Waals surface area contributed by atoms with Gasteiger partial charge < -0.3 is 9.47 Å². The van der Waals surface area contributed by atoms with Crippen LogP contribution in [0.5, 0.6) is 11.5 Å². The van der Waals surface area contributed by atoms with Gasteiger partial charge >= 0.3 is 0 Å². The molecule has 0 bridgehead atoms. The molecule has 1 heterocycles. The van der Waals surface area contributed by atoms with E-state index in [1.165, 1.54) is 0 Å². The molecule has 1 aliphatic heterocycles. The van der Waals surface area contributed by atoms with Crippen molar-refractivity contribution in [2.45, 2.75) is 0 Å². The number of fused-ring (bicyclic) bond motifs is 1. The Morgan fingerprint density at radius 3 is 2.61 bits per heavy atom. The summed E-state index contributed by atoms with van der Waals surface area (Å²) >= 11 is 5.98. The van der Waals surface area contributed by atoms with Crippen LogP contribution in [0.4, 0.5) is 0 Å². The van der Waals surface area contributed by atoms with Crippen LogP contribution >= 0.6 is 11.6 Å². The van der Waals surface area contributed by atoms with Crippen molar-refractivity contribution in [2.75, 3.05) is 6.61 Å². The first kappa shape index (κ1) is 18.0. The third-order valence-corrected chi connectivity index (χ3v) is 4.49. The first-order valence-electron chi connectivity index (χ1n) is 8.65. The van der Waals surface area contributed by atoms with E-state index in [0.717, 1.165) is 5.56 Å². The van der Waals surface area contributed by atoms with Crippen LogP contribution in [-0.4, -0.2) is 18.2 Å². The van der Waals surface area contributed by atoms with E-state index in [-0.39, 0.29) is 23.9 Å². The minimum Gasteiger partial charge on any atom is -0.485 e. The van der Waals surface area contributed by atoms with Gasteiger partial charge in [0.25, 0.3) is 0 Å². The van der Waals surface area contributed by atoms with Crippen LogP contribution in [0.3, 0.4) is 0 Å². The summed E-state index contributed by atoms with van der Waals surface area (Å²) < 4.78 is 11.3. The van der Waals surface area contributed by atoms with Gasteiger partial charge in [-0.25, -0.2) is 0 Å². The van der Waals surface area contributed by atoms with Gasteiger partial charge in [-0.05, 0) is 35.9 Å². The number of allylic oxidation sites excluding steroid dienone is 1. The largest absolute Gasteiger partial charge is 0.485 e. The maximum Gasteiger partial charge on any atom is 0.231 e. The summed E-state index contributed by atoms with van der Waals surface area (Å²) in [5.74, 6) is 0.749. The van der Waals surface area contributed by atoms with E-state index >= 15 is 0 Å². The lowest BCUT2D eigenvalue weighted by Gasteiger charge is -2.06. The van der Waals surface area contributed by atoms with Crippen molar-refractivity contribution in [3.63, 3.8) is 0 Å². The smallest absolute Gasteiger partial charge is 0.231 e. The molecule has 0 amide bonds. The van der Waals surface area contributed by atoms with Gasteiger partial charge in [-0.3, -0.25) is 9.59 Å². The summed E-state index contributed by atoms with van der Waals surface area (Å²) in [5, 5.41) is 0.580. The molecule has 0 fully saturated rings. The quantitative estimate of drug-likeness (QED) is 0.443. The first-order chi connectivity index (χ1) is 13.6. The Hall–Kier alpha value is -3.37. The average Bonchev–Trinajstić information content (AvgIpc) is 3.01. The number of ether oxygens (including phenoxy) is 2. The van der Waals surface area contributed by atoms with Crippen LogP contribution in [0.15, 0.2) is 78.6 Å². The molecule has 4 nitrogen and oxygen atoms in total. The highest BCUT2D eigenvalue weighted by Crippen LogP contribution is 2.35. The number of rotatable bonds is 5. The van der Waals surface area contributed by atoms with E-state index in [2.05, 4.69) is 0 Å². The Morgan fingerprint density at radius 2 is 1.82 bits per heavy atom. The molecule has 0 N–H and O–H groups in total. The maximum absolute atomic E-state index is 12.5. The second-order valence-electron chi connectivity index (χ2n) is 6.23. The summed E-state index contributed by atoms with van der Waals surface area (Å²) in [4.78, 5) is 24.7. The normalized spacial score (nSPS) is 13.9. The third-order valence-electron chi connectivity index (χ3n) is 4.25. The van der Waals surface area contributed by atoms with Gasteiger partial charge in [-0.1, -0.05) is 54.1 Å². The molecule has 4 rings (SSSR count). The van der Waals surface area contributed by atoms with Gasteiger partial charge in [0.15, 0.2) is 18.1 Å². The maximum atomic E-state index is 12.5. The fraction of sp³-hybridized carbons (Fsp3) is 0.0435. The predicted octanol–water partition coefficient (Wildman–Crippen LogP) is 5.22. The van der Waals surface area contributed by atoms with Gasteiger partial charge in [-0.15, -0.1) is 0 Å². The predicted molar refractivity (Wildman–Crippen MR) is 107 cm³/mol. The van der Waals surface area contributed by atoms with Crippen molar-refractivity contribution >= 4 is 29.2 Å². The van der Waals surface area contributed by atoms with Crippen LogP contribution < -0.4 is 9.47 Å². The summed E-state index contributed by atoms with van der Waals surface area (Å²) in [5.41, 5.74) is 1.81. The van der Waals surface area contributed by atoms with Crippen molar-refractivity contribution < 1.29 is 19.1 Å². The molecule has 0 atom stereocenters. The van der Waals surface area contributed by atoms with Crippen molar-refractivity contribution in [2.24, 2.45) is 0 Å². The van der Waals surface area contributed by atoms with E-state index in [1.807, 2.05) is 12.1 Å². The zero-order valence-corrected chi connectivity index (χ0v) is 15.5. The minimum atomic E-state index is -0.207. The van der Waals surface area contributed by atoms with Crippen LogP contribution in [0.25, 0.3) is 6.08 Å². The highest BCUT2D eigenvalue weighted by Gasteiger charge is 2.27. The van der Waals surface area contributed by atoms with Gasteiger partial charge in [-0.2, -0.15) is 0 Å². The van der Waals surface area contributed by atoms with Crippen molar-refractivity contribution in [1.82, 2.24) is 0 Å². The number of halogens is 1. The highest BCUT2D eigenvalue weighted by atomic mass is 35.5. The van der Waals surface area contributed by atoms with Crippen molar-refractivity contribution in [3.05, 3.63) is 100 Å². The molecule has 3 aromatic carbocycles. The zero-order chi connectivity index (χ0) is 19.5. The number of hydrogen-bond acceptors (Lipinski definition) is 4. The van der Waals surface area contributed by atoms with Gasteiger partial charge in [0.1, 0.15) is 11.5 Å². The molecular weight excluding hydrogens is 376 g/mol.